The predicted octanol–water partition coefficient (Wildman–Crippen LogP) is 4.08. The Labute approximate surface area is 143 Å². The van der Waals surface area contributed by atoms with E-state index < -0.39 is 0 Å². The number of rotatable bonds is 8. The Morgan fingerprint density at radius 3 is 2.52 bits per heavy atom. The van der Waals surface area contributed by atoms with Crippen molar-refractivity contribution in [3.63, 3.8) is 0 Å². The van der Waals surface area contributed by atoms with Gasteiger partial charge >= 0.3 is 0 Å². The van der Waals surface area contributed by atoms with E-state index in [-0.39, 0.29) is 11.5 Å². The number of hydrogen-bond donors (Lipinski definition) is 3. The highest BCUT2D eigenvalue weighted by atomic mass is 16.5. The molecule has 0 aromatic carbocycles. The van der Waals surface area contributed by atoms with Crippen LogP contribution < -0.4 is 11.1 Å². The summed E-state index contributed by atoms with van der Waals surface area (Å²) in [4.78, 5) is 0. The van der Waals surface area contributed by atoms with Gasteiger partial charge in [0.25, 0.3) is 0 Å². The summed E-state index contributed by atoms with van der Waals surface area (Å²) in [6.07, 6.45) is 11.3. The molecule has 0 aromatic heterocycles. The second kappa shape index (κ2) is 11.0. The van der Waals surface area contributed by atoms with E-state index in [1.165, 1.54) is 32.1 Å². The van der Waals surface area contributed by atoms with Gasteiger partial charge in [0.05, 0.1) is 5.41 Å². The van der Waals surface area contributed by atoms with E-state index >= 15 is 0 Å². The second-order valence-corrected chi connectivity index (χ2v) is 7.14. The minimum Gasteiger partial charge on any atom is -0.476 e. The van der Waals surface area contributed by atoms with Crippen LogP contribution in [0.1, 0.15) is 78.6 Å². The molecule has 1 aliphatic carbocycles. The zero-order valence-corrected chi connectivity index (χ0v) is 15.6. The quantitative estimate of drug-likeness (QED) is 0.358. The molecule has 0 amide bonds. The van der Waals surface area contributed by atoms with Gasteiger partial charge in [-0.15, -0.1) is 0 Å². The van der Waals surface area contributed by atoms with Gasteiger partial charge in [-0.05, 0) is 44.7 Å². The van der Waals surface area contributed by atoms with Crippen molar-refractivity contribution >= 4 is 5.90 Å². The van der Waals surface area contributed by atoms with Crippen LogP contribution in [0.4, 0.5) is 0 Å². The van der Waals surface area contributed by atoms with Gasteiger partial charge in [-0.25, -0.2) is 0 Å². The lowest BCUT2D eigenvalue weighted by atomic mass is 9.97. The maximum atomic E-state index is 8.15. The molecule has 1 saturated carbocycles. The van der Waals surface area contributed by atoms with Crippen LogP contribution in [0.2, 0.25) is 0 Å². The van der Waals surface area contributed by atoms with Crippen LogP contribution in [0.3, 0.4) is 0 Å². The van der Waals surface area contributed by atoms with Gasteiger partial charge in [0.15, 0.2) is 5.90 Å². The lowest BCUT2D eigenvalue weighted by molar-refractivity contribution is 0.168. The number of nitrogens with two attached hydrogens (primary N) is 1. The molecule has 2 rings (SSSR count). The molecule has 3 atom stereocenters. The molecule has 2 fully saturated rings. The monoisotopic (exact) mass is 325 g/mol. The van der Waals surface area contributed by atoms with Crippen molar-refractivity contribution in [1.82, 2.24) is 5.32 Å². The smallest absolute Gasteiger partial charge is 0.187 e. The zero-order valence-electron chi connectivity index (χ0n) is 15.6. The Kier molecular flexibility index (Phi) is 9.80. The molecular formula is C19H39N3O. The van der Waals surface area contributed by atoms with Gasteiger partial charge in [0.1, 0.15) is 6.10 Å². The van der Waals surface area contributed by atoms with Crippen LogP contribution in [0.25, 0.3) is 0 Å². The van der Waals surface area contributed by atoms with Gasteiger partial charge in [-0.1, -0.05) is 52.9 Å². The molecule has 1 heterocycles. The molecule has 1 aliphatic heterocycles. The first-order chi connectivity index (χ1) is 11.1. The molecule has 23 heavy (non-hydrogen) atoms. The fourth-order valence-electron chi connectivity index (χ4n) is 3.41. The summed E-state index contributed by atoms with van der Waals surface area (Å²) >= 11 is 0. The van der Waals surface area contributed by atoms with Crippen molar-refractivity contribution in [2.24, 2.45) is 17.1 Å². The standard InChI is InChI=1S/C12H23N3O.C7H16/c1-2-10(7-13)16-11(14)12-4-3-5-15-8-9(12)6-12;1-3-5-7-6-4-2/h9-10,14-15H,2-8,13H2,1H3;3-7H2,1-2H3. The van der Waals surface area contributed by atoms with Crippen molar-refractivity contribution in [2.75, 3.05) is 19.6 Å². The summed E-state index contributed by atoms with van der Waals surface area (Å²) in [5.74, 6) is 1.12. The molecule has 4 nitrogen and oxygen atoms in total. The Morgan fingerprint density at radius 1 is 1.26 bits per heavy atom. The third kappa shape index (κ3) is 6.42. The van der Waals surface area contributed by atoms with E-state index in [0.717, 1.165) is 38.8 Å². The summed E-state index contributed by atoms with van der Waals surface area (Å²) in [6, 6.07) is 0. The minimum absolute atomic E-state index is 0.0272. The predicted molar refractivity (Wildman–Crippen MR) is 99.0 cm³/mol. The van der Waals surface area contributed by atoms with Crippen molar-refractivity contribution in [2.45, 2.75) is 84.7 Å². The first-order valence-corrected chi connectivity index (χ1v) is 9.81. The van der Waals surface area contributed by atoms with Crippen LogP contribution in [0, 0.1) is 16.7 Å². The van der Waals surface area contributed by atoms with E-state index in [0.29, 0.717) is 18.4 Å². The van der Waals surface area contributed by atoms with E-state index in [1.54, 1.807) is 0 Å². The van der Waals surface area contributed by atoms with Crippen molar-refractivity contribution < 1.29 is 4.74 Å². The second-order valence-electron chi connectivity index (χ2n) is 7.14. The highest BCUT2D eigenvalue weighted by Crippen LogP contribution is 2.57. The van der Waals surface area contributed by atoms with Crippen LogP contribution in [-0.4, -0.2) is 31.6 Å². The molecule has 4 N–H and O–H groups in total. The molecule has 0 spiro atoms. The normalized spacial score (nSPS) is 27.0. The van der Waals surface area contributed by atoms with Gasteiger partial charge < -0.3 is 15.8 Å². The maximum Gasteiger partial charge on any atom is 0.187 e. The summed E-state index contributed by atoms with van der Waals surface area (Å²) in [6.45, 7) is 9.19. The van der Waals surface area contributed by atoms with Crippen molar-refractivity contribution in [1.29, 1.82) is 5.41 Å². The molecular weight excluding hydrogens is 286 g/mol. The SMILES string of the molecule is CCC(CN)OC(=N)C12CCCNCC1C2.CCCCCCC. The summed E-state index contributed by atoms with van der Waals surface area (Å²) in [5, 5.41) is 11.6. The number of nitrogens with one attached hydrogen (secondary N) is 2. The minimum atomic E-state index is 0.0272. The topological polar surface area (TPSA) is 71.1 Å². The first kappa shape index (κ1) is 20.4. The fraction of sp³-hybridized carbons (Fsp3) is 0.947. The van der Waals surface area contributed by atoms with E-state index in [9.17, 15) is 0 Å². The molecule has 0 aromatic rings. The highest BCUT2D eigenvalue weighted by Gasteiger charge is 2.58. The number of fused-ring (bicyclic) bond motifs is 1. The summed E-state index contributed by atoms with van der Waals surface area (Å²) < 4.78 is 5.72. The average Bonchev–Trinajstić information content (AvgIpc) is 3.29. The lowest BCUT2D eigenvalue weighted by Crippen LogP contribution is -2.31. The third-order valence-electron chi connectivity index (χ3n) is 5.26. The van der Waals surface area contributed by atoms with Crippen LogP contribution in [0.5, 0.6) is 0 Å². The summed E-state index contributed by atoms with van der Waals surface area (Å²) in [7, 11) is 0. The van der Waals surface area contributed by atoms with E-state index in [4.69, 9.17) is 15.9 Å². The van der Waals surface area contributed by atoms with Crippen molar-refractivity contribution in [3.05, 3.63) is 0 Å². The molecule has 0 radical (unpaired) electrons. The molecule has 0 bridgehead atoms. The average molecular weight is 326 g/mol. The Bertz CT molecular complexity index is 327. The van der Waals surface area contributed by atoms with Gasteiger partial charge in [0.2, 0.25) is 0 Å². The number of hydrogen-bond acceptors (Lipinski definition) is 4. The molecule has 1 saturated heterocycles. The largest absolute Gasteiger partial charge is 0.476 e. The van der Waals surface area contributed by atoms with Crippen LogP contribution in [-0.2, 0) is 4.74 Å². The Morgan fingerprint density at radius 2 is 1.96 bits per heavy atom. The van der Waals surface area contributed by atoms with Crippen molar-refractivity contribution in [3.8, 4) is 0 Å². The van der Waals surface area contributed by atoms with E-state index in [1.807, 2.05) is 0 Å². The number of unbranched alkanes of at least 4 members (excludes halogenated alkanes) is 4. The first-order valence-electron chi connectivity index (χ1n) is 9.81. The lowest BCUT2D eigenvalue weighted by Gasteiger charge is -2.22. The fourth-order valence-corrected chi connectivity index (χ4v) is 3.41. The third-order valence-corrected chi connectivity index (χ3v) is 5.26. The highest BCUT2D eigenvalue weighted by molar-refractivity contribution is 5.83. The maximum absolute atomic E-state index is 8.15. The summed E-state index contributed by atoms with van der Waals surface area (Å²) in [5.41, 5.74) is 5.68. The number of ether oxygens (including phenoxy) is 1. The van der Waals surface area contributed by atoms with E-state index in [2.05, 4.69) is 26.1 Å². The van der Waals surface area contributed by atoms with Crippen LogP contribution in [0.15, 0.2) is 0 Å². The van der Waals surface area contributed by atoms with Gasteiger partial charge in [-0.3, -0.25) is 5.41 Å². The van der Waals surface area contributed by atoms with Gasteiger partial charge in [0, 0.05) is 6.54 Å². The Hall–Kier alpha value is -0.610. The molecule has 3 unspecified atom stereocenters. The van der Waals surface area contributed by atoms with Crippen LogP contribution >= 0.6 is 0 Å². The molecule has 136 valence electrons. The Balaban J connectivity index is 0.000000322. The van der Waals surface area contributed by atoms with Gasteiger partial charge in [-0.2, -0.15) is 0 Å². The molecule has 4 heteroatoms. The zero-order chi connectivity index (χ0) is 17.1. The molecule has 2 aliphatic rings.